The highest BCUT2D eigenvalue weighted by molar-refractivity contribution is 6.44. The second-order valence-corrected chi connectivity index (χ2v) is 4.45. The Bertz CT molecular complexity index is 500. The van der Waals surface area contributed by atoms with E-state index in [2.05, 4.69) is 25.9 Å². The zero-order valence-electron chi connectivity index (χ0n) is 8.54. The summed E-state index contributed by atoms with van der Waals surface area (Å²) in [7, 11) is 0. The molecule has 0 saturated carbocycles. The smallest absolute Gasteiger partial charge is 0.188 e. The van der Waals surface area contributed by atoms with E-state index in [0.29, 0.717) is 34.0 Å². The first kappa shape index (κ1) is 12.6. The van der Waals surface area contributed by atoms with E-state index < -0.39 is 0 Å². The van der Waals surface area contributed by atoms with Gasteiger partial charge in [0.1, 0.15) is 0 Å². The SMILES string of the molecule is Clc1ccc(Cl)c(CNCc2nn[nH]n2)c1Cl. The molecule has 90 valence electrons. The van der Waals surface area contributed by atoms with Crippen molar-refractivity contribution < 1.29 is 0 Å². The molecule has 0 atom stereocenters. The Kier molecular flexibility index (Phi) is 4.17. The maximum atomic E-state index is 6.05. The summed E-state index contributed by atoms with van der Waals surface area (Å²) in [6.45, 7) is 0.947. The van der Waals surface area contributed by atoms with Gasteiger partial charge in [0.2, 0.25) is 0 Å². The van der Waals surface area contributed by atoms with E-state index in [1.165, 1.54) is 0 Å². The van der Waals surface area contributed by atoms with Gasteiger partial charge in [-0.25, -0.2) is 0 Å². The van der Waals surface area contributed by atoms with Crippen LogP contribution in [0.15, 0.2) is 12.1 Å². The minimum atomic E-state index is 0.458. The standard InChI is InChI=1S/C9H8Cl3N5/c10-6-1-2-7(11)9(12)5(6)3-13-4-8-14-16-17-15-8/h1-2,13H,3-4H2,(H,14,15,16,17). The molecule has 0 unspecified atom stereocenters. The molecule has 0 amide bonds. The van der Waals surface area contributed by atoms with E-state index in [4.69, 9.17) is 34.8 Å². The van der Waals surface area contributed by atoms with E-state index in [-0.39, 0.29) is 0 Å². The summed E-state index contributed by atoms with van der Waals surface area (Å²) in [5.41, 5.74) is 0.754. The van der Waals surface area contributed by atoms with Crippen molar-refractivity contribution in [3.63, 3.8) is 0 Å². The summed E-state index contributed by atoms with van der Waals surface area (Å²) in [4.78, 5) is 0. The van der Waals surface area contributed by atoms with Crippen LogP contribution in [0.1, 0.15) is 11.4 Å². The van der Waals surface area contributed by atoms with Gasteiger partial charge in [-0.15, -0.1) is 10.2 Å². The highest BCUT2D eigenvalue weighted by atomic mass is 35.5. The molecule has 2 rings (SSSR count). The Morgan fingerprint density at radius 1 is 1.12 bits per heavy atom. The predicted octanol–water partition coefficient (Wildman–Crippen LogP) is 2.45. The Balaban J connectivity index is 2.01. The topological polar surface area (TPSA) is 66.5 Å². The van der Waals surface area contributed by atoms with E-state index in [9.17, 15) is 0 Å². The molecular formula is C9H8Cl3N5. The van der Waals surface area contributed by atoms with Crippen LogP contribution in [-0.4, -0.2) is 20.6 Å². The number of nitrogens with zero attached hydrogens (tertiary/aromatic N) is 3. The molecule has 17 heavy (non-hydrogen) atoms. The fourth-order valence-electron chi connectivity index (χ4n) is 1.29. The van der Waals surface area contributed by atoms with Gasteiger partial charge in [0.15, 0.2) is 5.82 Å². The Hall–Kier alpha value is -0.880. The molecule has 2 N–H and O–H groups in total. The maximum absolute atomic E-state index is 6.05. The number of benzene rings is 1. The fraction of sp³-hybridized carbons (Fsp3) is 0.222. The number of H-pyrrole nitrogens is 1. The lowest BCUT2D eigenvalue weighted by atomic mass is 10.2. The molecule has 0 spiro atoms. The third-order valence-electron chi connectivity index (χ3n) is 2.11. The van der Waals surface area contributed by atoms with Crippen LogP contribution in [0.3, 0.4) is 0 Å². The lowest BCUT2D eigenvalue weighted by Gasteiger charge is -2.08. The molecular weight excluding hydrogens is 284 g/mol. The van der Waals surface area contributed by atoms with E-state index >= 15 is 0 Å². The van der Waals surface area contributed by atoms with E-state index in [0.717, 1.165) is 5.56 Å². The van der Waals surface area contributed by atoms with Crippen molar-refractivity contribution >= 4 is 34.8 Å². The molecule has 1 heterocycles. The van der Waals surface area contributed by atoms with Crippen LogP contribution in [0.25, 0.3) is 0 Å². The van der Waals surface area contributed by atoms with Crippen LogP contribution >= 0.6 is 34.8 Å². The molecule has 0 fully saturated rings. The monoisotopic (exact) mass is 291 g/mol. The van der Waals surface area contributed by atoms with Gasteiger partial charge >= 0.3 is 0 Å². The van der Waals surface area contributed by atoms with Crippen LogP contribution in [0, 0.1) is 0 Å². The summed E-state index contributed by atoms with van der Waals surface area (Å²) in [5.74, 6) is 0.569. The first-order valence-electron chi connectivity index (χ1n) is 4.74. The maximum Gasteiger partial charge on any atom is 0.188 e. The molecule has 0 aliphatic rings. The quantitative estimate of drug-likeness (QED) is 0.850. The number of nitrogens with one attached hydrogen (secondary N) is 2. The minimum absolute atomic E-state index is 0.458. The molecule has 0 aliphatic heterocycles. The third-order valence-corrected chi connectivity index (χ3v) is 3.31. The molecule has 2 aromatic rings. The predicted molar refractivity (Wildman–Crippen MR) is 66.2 cm³/mol. The number of aromatic amines is 1. The third kappa shape index (κ3) is 3.07. The average Bonchev–Trinajstić information content (AvgIpc) is 2.81. The van der Waals surface area contributed by atoms with Crippen molar-refractivity contribution in [3.05, 3.63) is 38.6 Å². The van der Waals surface area contributed by atoms with Crippen molar-refractivity contribution in [2.75, 3.05) is 0 Å². The van der Waals surface area contributed by atoms with Crippen LogP contribution in [0.4, 0.5) is 0 Å². The van der Waals surface area contributed by atoms with Crippen molar-refractivity contribution in [2.24, 2.45) is 0 Å². The van der Waals surface area contributed by atoms with E-state index in [1.807, 2.05) is 0 Å². The van der Waals surface area contributed by atoms with Crippen LogP contribution in [0.2, 0.25) is 15.1 Å². The lowest BCUT2D eigenvalue weighted by molar-refractivity contribution is 0.664. The second-order valence-electron chi connectivity index (χ2n) is 3.25. The van der Waals surface area contributed by atoms with Crippen molar-refractivity contribution in [3.8, 4) is 0 Å². The first-order chi connectivity index (χ1) is 8.18. The Labute approximate surface area is 112 Å². The van der Waals surface area contributed by atoms with Gasteiger partial charge in [0.25, 0.3) is 0 Å². The lowest BCUT2D eigenvalue weighted by Crippen LogP contribution is -2.14. The molecule has 8 heteroatoms. The van der Waals surface area contributed by atoms with Crippen molar-refractivity contribution in [1.29, 1.82) is 0 Å². The van der Waals surface area contributed by atoms with Crippen LogP contribution < -0.4 is 5.32 Å². The highest BCUT2D eigenvalue weighted by Gasteiger charge is 2.09. The first-order valence-corrected chi connectivity index (χ1v) is 5.87. The van der Waals surface area contributed by atoms with Crippen molar-refractivity contribution in [1.82, 2.24) is 25.9 Å². The fourth-order valence-corrected chi connectivity index (χ4v) is 1.97. The number of hydrogen-bond acceptors (Lipinski definition) is 4. The highest BCUT2D eigenvalue weighted by Crippen LogP contribution is 2.31. The molecule has 1 aromatic heterocycles. The van der Waals surface area contributed by atoms with Gasteiger partial charge in [-0.3, -0.25) is 0 Å². The van der Waals surface area contributed by atoms with Gasteiger partial charge in [0.05, 0.1) is 16.6 Å². The molecule has 0 radical (unpaired) electrons. The molecule has 5 nitrogen and oxygen atoms in total. The number of tetrazole rings is 1. The normalized spacial score (nSPS) is 10.8. The van der Waals surface area contributed by atoms with E-state index in [1.54, 1.807) is 12.1 Å². The number of halogens is 3. The summed E-state index contributed by atoms with van der Waals surface area (Å²) in [6, 6.07) is 3.37. The summed E-state index contributed by atoms with van der Waals surface area (Å²) < 4.78 is 0. The summed E-state index contributed by atoms with van der Waals surface area (Å²) in [5, 5.41) is 18.0. The Morgan fingerprint density at radius 3 is 2.59 bits per heavy atom. The zero-order valence-corrected chi connectivity index (χ0v) is 10.8. The van der Waals surface area contributed by atoms with Gasteiger partial charge in [-0.2, -0.15) is 5.21 Å². The van der Waals surface area contributed by atoms with Crippen LogP contribution in [-0.2, 0) is 13.1 Å². The van der Waals surface area contributed by atoms with Gasteiger partial charge < -0.3 is 5.32 Å². The van der Waals surface area contributed by atoms with Gasteiger partial charge in [0, 0.05) is 17.1 Å². The molecule has 0 aliphatic carbocycles. The Morgan fingerprint density at radius 2 is 1.88 bits per heavy atom. The van der Waals surface area contributed by atoms with Gasteiger partial charge in [-0.1, -0.05) is 40.0 Å². The zero-order chi connectivity index (χ0) is 12.3. The van der Waals surface area contributed by atoms with Crippen molar-refractivity contribution in [2.45, 2.75) is 13.1 Å². The molecule has 1 aromatic carbocycles. The molecule has 0 saturated heterocycles. The second kappa shape index (κ2) is 5.64. The number of hydrogen-bond donors (Lipinski definition) is 2. The summed E-state index contributed by atoms with van der Waals surface area (Å²) in [6.07, 6.45) is 0. The summed E-state index contributed by atoms with van der Waals surface area (Å²) >= 11 is 18.0. The average molecular weight is 293 g/mol. The largest absolute Gasteiger partial charge is 0.305 e. The minimum Gasteiger partial charge on any atom is -0.305 e. The van der Waals surface area contributed by atoms with Crippen LogP contribution in [0.5, 0.6) is 0 Å². The number of rotatable bonds is 4. The molecule has 0 bridgehead atoms. The number of aromatic nitrogens is 4. The van der Waals surface area contributed by atoms with Gasteiger partial charge in [-0.05, 0) is 12.1 Å².